The van der Waals surface area contributed by atoms with Crippen LogP contribution in [-0.2, 0) is 26.9 Å². The van der Waals surface area contributed by atoms with Crippen LogP contribution in [0.2, 0.25) is 0 Å². The van der Waals surface area contributed by atoms with Crippen LogP contribution in [0.15, 0.2) is 72.8 Å². The number of carbonyl (C=O) groups is 2. The average Bonchev–Trinajstić information content (AvgIpc) is 3.50. The molecule has 1 N–H and O–H groups in total. The lowest BCUT2D eigenvalue weighted by atomic mass is 10.1. The Morgan fingerprint density at radius 2 is 1.79 bits per heavy atom. The van der Waals surface area contributed by atoms with E-state index in [1.165, 1.54) is 6.08 Å². The SMILES string of the molecule is COCCN(C)C(=O)c1ccc(Oc2cccc3c2CC[C@H]3Oc2ccc(C3=CC(=O)NS3=O)cc2)cc1. The molecule has 0 fully saturated rings. The van der Waals surface area contributed by atoms with Gasteiger partial charge in [-0.2, -0.15) is 0 Å². The van der Waals surface area contributed by atoms with Gasteiger partial charge in [0.1, 0.15) is 23.4 Å². The van der Waals surface area contributed by atoms with Crippen LogP contribution in [0.3, 0.4) is 0 Å². The highest BCUT2D eigenvalue weighted by molar-refractivity contribution is 7.93. The fourth-order valence-electron chi connectivity index (χ4n) is 4.54. The van der Waals surface area contributed by atoms with Crippen molar-refractivity contribution in [3.8, 4) is 17.2 Å². The van der Waals surface area contributed by atoms with Gasteiger partial charge in [-0.3, -0.25) is 14.3 Å². The van der Waals surface area contributed by atoms with Gasteiger partial charge < -0.3 is 19.1 Å². The number of fused-ring (bicyclic) bond motifs is 1. The highest BCUT2D eigenvalue weighted by atomic mass is 32.2. The Hall–Kier alpha value is -3.95. The highest BCUT2D eigenvalue weighted by Crippen LogP contribution is 2.41. The molecule has 196 valence electrons. The molecular weight excluding hydrogens is 504 g/mol. The van der Waals surface area contributed by atoms with Crippen molar-refractivity contribution in [3.63, 3.8) is 0 Å². The molecule has 0 spiro atoms. The molecule has 5 rings (SSSR count). The number of carbonyl (C=O) groups excluding carboxylic acids is 2. The quantitative estimate of drug-likeness (QED) is 0.439. The van der Waals surface area contributed by atoms with Gasteiger partial charge in [-0.15, -0.1) is 0 Å². The van der Waals surface area contributed by atoms with E-state index in [0.717, 1.165) is 29.7 Å². The topological polar surface area (TPSA) is 94.2 Å². The van der Waals surface area contributed by atoms with Gasteiger partial charge in [0, 0.05) is 37.9 Å². The maximum Gasteiger partial charge on any atom is 0.257 e. The normalized spacial score (nSPS) is 17.9. The summed E-state index contributed by atoms with van der Waals surface area (Å²) >= 11 is 0. The zero-order valence-corrected chi connectivity index (χ0v) is 22.0. The van der Waals surface area contributed by atoms with Crippen molar-refractivity contribution in [1.29, 1.82) is 0 Å². The van der Waals surface area contributed by atoms with Crippen molar-refractivity contribution in [1.82, 2.24) is 9.62 Å². The van der Waals surface area contributed by atoms with E-state index < -0.39 is 11.0 Å². The van der Waals surface area contributed by atoms with Crippen molar-refractivity contribution in [2.24, 2.45) is 0 Å². The van der Waals surface area contributed by atoms with Crippen LogP contribution >= 0.6 is 0 Å². The van der Waals surface area contributed by atoms with Crippen LogP contribution < -0.4 is 14.2 Å². The van der Waals surface area contributed by atoms with Gasteiger partial charge in [0.2, 0.25) is 0 Å². The summed E-state index contributed by atoms with van der Waals surface area (Å²) in [6, 6.07) is 20.3. The van der Waals surface area contributed by atoms with Crippen molar-refractivity contribution in [3.05, 3.63) is 95.1 Å². The Bertz CT molecular complexity index is 1400. The van der Waals surface area contributed by atoms with Gasteiger partial charge in [0.15, 0.2) is 11.0 Å². The third-order valence-corrected chi connectivity index (χ3v) is 7.69. The zero-order valence-electron chi connectivity index (χ0n) is 21.1. The molecule has 1 heterocycles. The molecule has 38 heavy (non-hydrogen) atoms. The van der Waals surface area contributed by atoms with Gasteiger partial charge in [0.05, 0.1) is 11.5 Å². The first-order valence-electron chi connectivity index (χ1n) is 12.3. The minimum Gasteiger partial charge on any atom is -0.486 e. The predicted octanol–water partition coefficient (Wildman–Crippen LogP) is 4.40. The standard InChI is InChI=1S/C29H28N2O6S/c1-31(16-17-35-2)29(33)20-8-12-22(13-9-20)36-25-5-3-4-23-24(25)14-15-26(23)37-21-10-6-19(7-11-21)27-18-28(32)30-38(27)34/h3-13,18,26H,14-17H2,1-2H3,(H,30,32)/t26-,38?/m1/s1. The van der Waals surface area contributed by atoms with Crippen molar-refractivity contribution < 1.29 is 28.0 Å². The minimum atomic E-state index is -1.53. The Labute approximate surface area is 223 Å². The van der Waals surface area contributed by atoms with Gasteiger partial charge in [0.25, 0.3) is 11.8 Å². The fraction of sp³-hybridized carbons (Fsp3) is 0.241. The summed E-state index contributed by atoms with van der Waals surface area (Å²) in [5, 5.41) is 0. The molecule has 9 heteroatoms. The Kier molecular flexibility index (Phi) is 7.57. The van der Waals surface area contributed by atoms with Crippen molar-refractivity contribution in [2.75, 3.05) is 27.3 Å². The van der Waals surface area contributed by atoms with E-state index in [1.54, 1.807) is 55.5 Å². The van der Waals surface area contributed by atoms with E-state index in [4.69, 9.17) is 14.2 Å². The summed E-state index contributed by atoms with van der Waals surface area (Å²) in [6.45, 7) is 1.01. The highest BCUT2D eigenvalue weighted by Gasteiger charge is 2.27. The maximum atomic E-state index is 12.6. The molecule has 1 unspecified atom stereocenters. The molecule has 8 nitrogen and oxygen atoms in total. The van der Waals surface area contributed by atoms with E-state index in [-0.39, 0.29) is 17.9 Å². The molecule has 2 aliphatic rings. The fourth-order valence-corrected chi connectivity index (χ4v) is 5.46. The number of nitrogens with zero attached hydrogens (tertiary/aromatic N) is 1. The molecule has 2 atom stereocenters. The first kappa shape index (κ1) is 25.7. The smallest absolute Gasteiger partial charge is 0.257 e. The van der Waals surface area contributed by atoms with E-state index >= 15 is 0 Å². The summed E-state index contributed by atoms with van der Waals surface area (Å²) < 4.78 is 31.9. The summed E-state index contributed by atoms with van der Waals surface area (Å²) in [5.41, 5.74) is 3.48. The molecule has 0 saturated carbocycles. The molecule has 0 radical (unpaired) electrons. The van der Waals surface area contributed by atoms with Crippen LogP contribution in [0.4, 0.5) is 0 Å². The van der Waals surface area contributed by atoms with Crippen LogP contribution in [0.5, 0.6) is 17.2 Å². The lowest BCUT2D eigenvalue weighted by Crippen LogP contribution is -2.29. The molecule has 3 aromatic rings. The predicted molar refractivity (Wildman–Crippen MR) is 144 cm³/mol. The van der Waals surface area contributed by atoms with Crippen LogP contribution in [-0.4, -0.2) is 48.2 Å². The van der Waals surface area contributed by atoms with Crippen molar-refractivity contribution in [2.45, 2.75) is 18.9 Å². The number of ether oxygens (including phenoxy) is 3. The summed E-state index contributed by atoms with van der Waals surface area (Å²) in [7, 11) is 1.84. The Morgan fingerprint density at radius 1 is 1.05 bits per heavy atom. The average molecular weight is 533 g/mol. The first-order valence-corrected chi connectivity index (χ1v) is 13.4. The number of hydrogen-bond acceptors (Lipinski definition) is 6. The van der Waals surface area contributed by atoms with E-state index in [0.29, 0.717) is 40.7 Å². The van der Waals surface area contributed by atoms with Crippen molar-refractivity contribution >= 4 is 27.7 Å². The molecule has 1 aliphatic carbocycles. The number of nitrogens with one attached hydrogen (secondary N) is 1. The summed E-state index contributed by atoms with van der Waals surface area (Å²) in [6.07, 6.45) is 2.86. The monoisotopic (exact) mass is 532 g/mol. The molecule has 2 amide bonds. The Morgan fingerprint density at radius 3 is 2.47 bits per heavy atom. The molecule has 1 aliphatic heterocycles. The second-order valence-electron chi connectivity index (χ2n) is 9.08. The number of hydrogen-bond donors (Lipinski definition) is 1. The first-order chi connectivity index (χ1) is 18.4. The third kappa shape index (κ3) is 5.49. The minimum absolute atomic E-state index is 0.0689. The molecule has 0 saturated heterocycles. The van der Waals surface area contributed by atoms with Crippen LogP contribution in [0.1, 0.15) is 39.6 Å². The van der Waals surface area contributed by atoms with E-state index in [9.17, 15) is 13.8 Å². The molecular formula is C29H28N2O6S. The number of likely N-dealkylation sites (N-methyl/N-ethyl adjacent to an activating group) is 1. The Balaban J connectivity index is 1.25. The third-order valence-electron chi connectivity index (χ3n) is 6.55. The summed E-state index contributed by atoms with van der Waals surface area (Å²) in [4.78, 5) is 26.1. The number of rotatable bonds is 9. The second kappa shape index (κ2) is 11.2. The number of amides is 2. The van der Waals surface area contributed by atoms with Gasteiger partial charge in [-0.05, 0) is 66.4 Å². The molecule has 0 aromatic heterocycles. The maximum absolute atomic E-state index is 12.6. The lowest BCUT2D eigenvalue weighted by molar-refractivity contribution is -0.114. The molecule has 3 aromatic carbocycles. The van der Waals surface area contributed by atoms with Gasteiger partial charge >= 0.3 is 0 Å². The number of methoxy groups -OCH3 is 1. The second-order valence-corrected chi connectivity index (χ2v) is 10.3. The lowest BCUT2D eigenvalue weighted by Gasteiger charge is -2.17. The number of benzene rings is 3. The van der Waals surface area contributed by atoms with Crippen LogP contribution in [0.25, 0.3) is 4.91 Å². The largest absolute Gasteiger partial charge is 0.486 e. The van der Waals surface area contributed by atoms with Crippen LogP contribution in [0, 0.1) is 0 Å². The van der Waals surface area contributed by atoms with E-state index in [2.05, 4.69) is 10.8 Å². The van der Waals surface area contributed by atoms with E-state index in [1.807, 2.05) is 24.3 Å². The zero-order chi connectivity index (χ0) is 26.6. The van der Waals surface area contributed by atoms with Gasteiger partial charge in [-0.1, -0.05) is 24.3 Å². The van der Waals surface area contributed by atoms with Gasteiger partial charge in [-0.25, -0.2) is 4.21 Å². The molecule has 0 bridgehead atoms. The summed E-state index contributed by atoms with van der Waals surface area (Å²) in [5.74, 6) is 1.70.